The van der Waals surface area contributed by atoms with Gasteiger partial charge in [0.15, 0.2) is 6.10 Å². The fraction of sp³-hybridized carbons (Fsp3) is 0.115. The van der Waals surface area contributed by atoms with E-state index in [1.165, 1.54) is 30.3 Å². The van der Waals surface area contributed by atoms with E-state index in [9.17, 15) is 13.2 Å². The minimum absolute atomic E-state index is 0.00555. The third-order valence-corrected chi connectivity index (χ3v) is 7.49. The number of fused-ring (bicyclic) bond motifs is 1. The maximum Gasteiger partial charge on any atom is 0.265 e. The molecule has 0 saturated carbocycles. The quantitative estimate of drug-likeness (QED) is 0.265. The summed E-state index contributed by atoms with van der Waals surface area (Å²) in [6.45, 7) is 1.85. The van der Waals surface area contributed by atoms with Gasteiger partial charge in [-0.25, -0.2) is 8.42 Å². The van der Waals surface area contributed by atoms with Crippen LogP contribution in [-0.2, 0) is 14.8 Å². The molecule has 1 unspecified atom stereocenters. The minimum atomic E-state index is -3.91. The van der Waals surface area contributed by atoms with E-state index >= 15 is 0 Å². The highest BCUT2D eigenvalue weighted by molar-refractivity contribution is 7.92. The van der Waals surface area contributed by atoms with Gasteiger partial charge in [0, 0.05) is 5.69 Å². The van der Waals surface area contributed by atoms with E-state index in [1.807, 2.05) is 49.4 Å². The molecule has 9 heteroatoms. The number of amides is 1. The zero-order valence-corrected chi connectivity index (χ0v) is 21.0. The van der Waals surface area contributed by atoms with Crippen LogP contribution in [0.1, 0.15) is 13.3 Å². The van der Waals surface area contributed by atoms with Crippen molar-refractivity contribution in [3.63, 3.8) is 0 Å². The number of sulfonamides is 1. The molecule has 0 bridgehead atoms. The van der Waals surface area contributed by atoms with Crippen molar-refractivity contribution in [1.82, 2.24) is 0 Å². The first-order valence-corrected chi connectivity index (χ1v) is 13.0. The molecule has 4 aromatic rings. The molecule has 1 atom stereocenters. The molecular weight excluding hydrogens is 507 g/mol. The van der Waals surface area contributed by atoms with Gasteiger partial charge in [0.05, 0.1) is 20.6 Å². The summed E-state index contributed by atoms with van der Waals surface area (Å²) in [6, 6.07) is 24.0. The first-order chi connectivity index (χ1) is 16.8. The van der Waals surface area contributed by atoms with E-state index in [0.29, 0.717) is 17.9 Å². The largest absolute Gasteiger partial charge is 0.481 e. The molecule has 0 aliphatic rings. The van der Waals surface area contributed by atoms with Crippen molar-refractivity contribution in [3.05, 3.63) is 95.0 Å². The first-order valence-electron chi connectivity index (χ1n) is 10.8. The zero-order chi connectivity index (χ0) is 25.0. The highest BCUT2D eigenvalue weighted by Gasteiger charge is 2.20. The SMILES string of the molecule is CCC(Oc1ccc2ccccc2c1)C(=O)Nc1ccc(S(=O)(=O)Nc2cccc(Cl)c2Cl)cc1. The Morgan fingerprint density at radius 3 is 2.34 bits per heavy atom. The van der Waals surface area contributed by atoms with Crippen molar-refractivity contribution in [2.75, 3.05) is 10.0 Å². The summed E-state index contributed by atoms with van der Waals surface area (Å²) < 4.78 is 33.8. The molecule has 0 aliphatic carbocycles. The van der Waals surface area contributed by atoms with Gasteiger partial charge < -0.3 is 10.1 Å². The Morgan fingerprint density at radius 2 is 1.63 bits per heavy atom. The number of carbonyl (C=O) groups excluding carboxylic acids is 1. The lowest BCUT2D eigenvalue weighted by Crippen LogP contribution is -2.32. The minimum Gasteiger partial charge on any atom is -0.481 e. The zero-order valence-electron chi connectivity index (χ0n) is 18.7. The highest BCUT2D eigenvalue weighted by Crippen LogP contribution is 2.31. The van der Waals surface area contributed by atoms with Crippen molar-refractivity contribution < 1.29 is 17.9 Å². The smallest absolute Gasteiger partial charge is 0.265 e. The van der Waals surface area contributed by atoms with Crippen LogP contribution in [0.5, 0.6) is 5.75 Å². The molecular formula is C26H22Cl2N2O4S. The fourth-order valence-corrected chi connectivity index (χ4v) is 4.93. The van der Waals surface area contributed by atoms with Gasteiger partial charge in [-0.1, -0.05) is 66.5 Å². The second-order valence-electron chi connectivity index (χ2n) is 7.74. The molecule has 0 fully saturated rings. The average Bonchev–Trinajstić information content (AvgIpc) is 2.85. The Labute approximate surface area is 213 Å². The van der Waals surface area contributed by atoms with Crippen LogP contribution in [0, 0.1) is 0 Å². The van der Waals surface area contributed by atoms with Gasteiger partial charge in [-0.05, 0) is 65.7 Å². The number of ether oxygens (including phenoxy) is 1. The van der Waals surface area contributed by atoms with Gasteiger partial charge in [-0.3, -0.25) is 9.52 Å². The summed E-state index contributed by atoms with van der Waals surface area (Å²) in [5.41, 5.74) is 0.614. The van der Waals surface area contributed by atoms with Gasteiger partial charge >= 0.3 is 0 Å². The normalized spacial score (nSPS) is 12.2. The van der Waals surface area contributed by atoms with Crippen LogP contribution >= 0.6 is 23.2 Å². The second kappa shape index (κ2) is 10.6. The molecule has 4 aromatic carbocycles. The average molecular weight is 529 g/mol. The van der Waals surface area contributed by atoms with Gasteiger partial charge in [0.2, 0.25) is 0 Å². The molecule has 180 valence electrons. The lowest BCUT2D eigenvalue weighted by molar-refractivity contribution is -0.122. The van der Waals surface area contributed by atoms with Crippen LogP contribution in [0.4, 0.5) is 11.4 Å². The van der Waals surface area contributed by atoms with Gasteiger partial charge in [0.1, 0.15) is 5.75 Å². The molecule has 1 amide bonds. The van der Waals surface area contributed by atoms with Crippen LogP contribution in [0.2, 0.25) is 10.0 Å². The summed E-state index contributed by atoms with van der Waals surface area (Å²) in [7, 11) is -3.91. The molecule has 35 heavy (non-hydrogen) atoms. The Hall–Kier alpha value is -3.26. The number of hydrogen-bond acceptors (Lipinski definition) is 4. The molecule has 6 nitrogen and oxygen atoms in total. The van der Waals surface area contributed by atoms with Crippen molar-refractivity contribution >= 4 is 61.3 Å². The molecule has 2 N–H and O–H groups in total. The molecule has 0 spiro atoms. The van der Waals surface area contributed by atoms with Gasteiger partial charge in [-0.2, -0.15) is 0 Å². The third-order valence-electron chi connectivity index (χ3n) is 5.29. The maximum absolute atomic E-state index is 12.8. The van der Waals surface area contributed by atoms with E-state index in [4.69, 9.17) is 27.9 Å². The van der Waals surface area contributed by atoms with Crippen LogP contribution in [0.3, 0.4) is 0 Å². The molecule has 0 aromatic heterocycles. The summed E-state index contributed by atoms with van der Waals surface area (Å²) in [5, 5.41) is 5.23. The number of hydrogen-bond donors (Lipinski definition) is 2. The molecule has 0 heterocycles. The monoisotopic (exact) mass is 528 g/mol. The van der Waals surface area contributed by atoms with E-state index in [0.717, 1.165) is 10.8 Å². The Balaban J connectivity index is 1.43. The van der Waals surface area contributed by atoms with Crippen LogP contribution in [0.15, 0.2) is 89.8 Å². The molecule has 0 saturated heterocycles. The Kier molecular flexibility index (Phi) is 7.50. The van der Waals surface area contributed by atoms with Crippen molar-refractivity contribution in [3.8, 4) is 5.75 Å². The van der Waals surface area contributed by atoms with Crippen molar-refractivity contribution in [2.45, 2.75) is 24.3 Å². The lowest BCUT2D eigenvalue weighted by Gasteiger charge is -2.18. The van der Waals surface area contributed by atoms with Crippen LogP contribution < -0.4 is 14.8 Å². The number of carbonyl (C=O) groups is 1. The molecule has 0 radical (unpaired) electrons. The Bertz CT molecular complexity index is 1470. The van der Waals surface area contributed by atoms with E-state index in [2.05, 4.69) is 10.0 Å². The number of anilines is 2. The number of halogens is 2. The van der Waals surface area contributed by atoms with Crippen LogP contribution in [0.25, 0.3) is 10.8 Å². The topological polar surface area (TPSA) is 84.5 Å². The molecule has 4 rings (SSSR count). The summed E-state index contributed by atoms with van der Waals surface area (Å²) >= 11 is 12.0. The van der Waals surface area contributed by atoms with Gasteiger partial charge in [-0.15, -0.1) is 0 Å². The lowest BCUT2D eigenvalue weighted by atomic mass is 10.1. The number of benzene rings is 4. The summed E-state index contributed by atoms with van der Waals surface area (Å²) in [6.07, 6.45) is -0.263. The van der Waals surface area contributed by atoms with Crippen LogP contribution in [-0.4, -0.2) is 20.4 Å². The fourth-order valence-electron chi connectivity index (χ4n) is 3.45. The standard InChI is InChI=1S/C26H22Cl2N2O4S/c1-2-24(34-20-13-10-17-6-3-4-7-18(17)16-20)26(31)29-19-11-14-21(15-12-19)35(32,33)30-23-9-5-8-22(27)25(23)28/h3-16,24,30H,2H2,1H3,(H,29,31). The van der Waals surface area contributed by atoms with Crippen molar-refractivity contribution in [1.29, 1.82) is 0 Å². The van der Waals surface area contributed by atoms with Crippen molar-refractivity contribution in [2.24, 2.45) is 0 Å². The molecule has 0 aliphatic heterocycles. The second-order valence-corrected chi connectivity index (χ2v) is 10.2. The third kappa shape index (κ3) is 5.88. The maximum atomic E-state index is 12.8. The predicted molar refractivity (Wildman–Crippen MR) is 141 cm³/mol. The first kappa shape index (κ1) is 24.9. The van der Waals surface area contributed by atoms with Gasteiger partial charge in [0.25, 0.3) is 15.9 Å². The van der Waals surface area contributed by atoms with E-state index in [1.54, 1.807) is 12.1 Å². The highest BCUT2D eigenvalue weighted by atomic mass is 35.5. The summed E-state index contributed by atoms with van der Waals surface area (Å²) in [5.74, 6) is 0.262. The number of nitrogens with one attached hydrogen (secondary N) is 2. The van der Waals surface area contributed by atoms with E-state index in [-0.39, 0.29) is 26.5 Å². The Morgan fingerprint density at radius 1 is 0.914 bits per heavy atom. The van der Waals surface area contributed by atoms with E-state index < -0.39 is 16.1 Å². The predicted octanol–water partition coefficient (Wildman–Crippen LogP) is 6.74. The number of rotatable bonds is 8. The summed E-state index contributed by atoms with van der Waals surface area (Å²) in [4.78, 5) is 12.8.